The topological polar surface area (TPSA) is 52.6 Å². The number of esters is 2. The highest BCUT2D eigenvalue weighted by atomic mass is 16.5. The van der Waals surface area contributed by atoms with Gasteiger partial charge in [0.15, 0.2) is 0 Å². The smallest absolute Gasteiger partial charge is 0.305 e. The van der Waals surface area contributed by atoms with Gasteiger partial charge in [0, 0.05) is 29.6 Å². The summed E-state index contributed by atoms with van der Waals surface area (Å²) in [5.74, 6) is 29.5. The van der Waals surface area contributed by atoms with Crippen LogP contribution < -0.4 is 0 Å². The molecule has 350 valence electrons. The van der Waals surface area contributed by atoms with Gasteiger partial charge in [-0.05, 0) is 246 Å². The molecule has 18 aliphatic carbocycles. The second-order valence-corrected chi connectivity index (χ2v) is 28.5. The molecular weight excluding hydrogens is 833 g/mol. The molecule has 0 N–H and O–H groups in total. The fourth-order valence-electron chi connectivity index (χ4n) is 30.3. The first-order valence-corrected chi connectivity index (χ1v) is 29.2. The third-order valence-corrected chi connectivity index (χ3v) is 29.3. The highest BCUT2D eigenvalue weighted by Crippen LogP contribution is 2.96. The van der Waals surface area contributed by atoms with E-state index in [4.69, 9.17) is 9.47 Å². The monoisotopic (exact) mass is 903 g/mol. The summed E-state index contributed by atoms with van der Waals surface area (Å²) < 4.78 is 10.7. The maximum Gasteiger partial charge on any atom is 0.305 e. The van der Waals surface area contributed by atoms with Crippen molar-refractivity contribution in [3.8, 4) is 0 Å². The Kier molecular flexibility index (Phi) is 6.47. The molecule has 4 nitrogen and oxygen atoms in total. The summed E-state index contributed by atoms with van der Waals surface area (Å²) in [7, 11) is 3.20. The average molecular weight is 903 g/mol. The maximum atomic E-state index is 13.0. The van der Waals surface area contributed by atoms with E-state index in [1.807, 2.05) is 0 Å². The molecule has 2 aromatic carbocycles. The van der Waals surface area contributed by atoms with Crippen molar-refractivity contribution in [3.63, 3.8) is 0 Å². The van der Waals surface area contributed by atoms with Crippen molar-refractivity contribution in [1.29, 1.82) is 0 Å². The minimum atomic E-state index is -0.0155. The van der Waals surface area contributed by atoms with Crippen LogP contribution in [0.3, 0.4) is 0 Å². The van der Waals surface area contributed by atoms with Crippen molar-refractivity contribution >= 4 is 11.9 Å². The minimum Gasteiger partial charge on any atom is -0.469 e. The van der Waals surface area contributed by atoms with Crippen LogP contribution >= 0.6 is 0 Å². The molecule has 18 aliphatic rings. The van der Waals surface area contributed by atoms with Crippen molar-refractivity contribution in [2.45, 2.75) is 75.0 Å². The molecule has 34 atom stereocenters. The number of hydrogen-bond acceptors (Lipinski definition) is 4. The number of carbonyl (C=O) groups is 2. The van der Waals surface area contributed by atoms with E-state index in [9.17, 15) is 9.59 Å². The van der Waals surface area contributed by atoms with E-state index in [0.29, 0.717) is 24.7 Å². The Morgan fingerprint density at radius 3 is 1.62 bits per heavy atom. The molecular formula is C64H70O4. The predicted molar refractivity (Wildman–Crippen MR) is 254 cm³/mol. The Labute approximate surface area is 403 Å². The molecule has 0 amide bonds. The minimum absolute atomic E-state index is 0.00811. The molecule has 15 fully saturated rings. The molecule has 2 aromatic rings. The number of benzene rings is 2. The van der Waals surface area contributed by atoms with Crippen LogP contribution in [0.2, 0.25) is 0 Å². The third-order valence-electron chi connectivity index (χ3n) is 29.3. The van der Waals surface area contributed by atoms with Gasteiger partial charge in [0.05, 0.1) is 14.2 Å². The van der Waals surface area contributed by atoms with Crippen molar-refractivity contribution in [3.05, 3.63) is 95.1 Å². The highest BCUT2D eigenvalue weighted by Gasteiger charge is 2.93. The average Bonchev–Trinajstić information content (AvgIpc) is 3.69. The first-order valence-electron chi connectivity index (χ1n) is 29.2. The standard InChI is InChI=1S/C64H70O4/c1-67-33(65)15-9-23-63(25-11-5-3-6-12-25)59-41-29-19-17-27-28-18-20-30-38-36(28)45-35(27)37(29)46-50(41)52-43(61(59)63)31-21-22-32-40-39(31)48(52)57-55(46)54(45)56-47(38)51-42(30)60-62(44(32)53(51)49(40)58(56)57)64(60,24-10-16-34(66)68-2)26-13-7-4-8-14-26/h3-8,11-14,21-22,27-32,35-43,45-52,54-62H,9-10,15-20,23-24H2,1-2H3. The lowest BCUT2D eigenvalue weighted by atomic mass is 9.43. The number of rotatable bonds is 10. The van der Waals surface area contributed by atoms with Crippen LogP contribution in [0.25, 0.3) is 0 Å². The molecule has 0 saturated heterocycles. The van der Waals surface area contributed by atoms with Crippen LogP contribution in [0.5, 0.6) is 0 Å². The lowest BCUT2D eigenvalue weighted by molar-refractivity contribution is -0.147. The van der Waals surface area contributed by atoms with E-state index in [1.165, 1.54) is 6.42 Å². The highest BCUT2D eigenvalue weighted by molar-refractivity contribution is 5.69. The summed E-state index contributed by atoms with van der Waals surface area (Å²) in [5.41, 5.74) is 7.91. The lowest BCUT2D eigenvalue weighted by Crippen LogP contribution is -2.58. The van der Waals surface area contributed by atoms with E-state index >= 15 is 0 Å². The van der Waals surface area contributed by atoms with Gasteiger partial charge in [0.1, 0.15) is 0 Å². The van der Waals surface area contributed by atoms with E-state index in [2.05, 4.69) is 84.0 Å². The second-order valence-electron chi connectivity index (χ2n) is 28.5. The van der Waals surface area contributed by atoms with Gasteiger partial charge >= 0.3 is 11.9 Å². The summed E-state index contributed by atoms with van der Waals surface area (Å²) in [6, 6.07) is 24.3. The lowest BCUT2D eigenvalue weighted by Gasteiger charge is -2.61. The van der Waals surface area contributed by atoms with E-state index in [0.717, 1.165) is 197 Å². The van der Waals surface area contributed by atoms with Gasteiger partial charge in [-0.25, -0.2) is 0 Å². The Hall–Kier alpha value is -3.14. The number of hydrogen-bond donors (Lipinski definition) is 0. The first-order chi connectivity index (χ1) is 33.6. The number of carbonyl (C=O) groups excluding carboxylic acids is 2. The number of fused-ring (bicyclic) bond motifs is 11. The van der Waals surface area contributed by atoms with Crippen LogP contribution in [0.15, 0.2) is 84.0 Å². The Morgan fingerprint density at radius 1 is 0.456 bits per heavy atom. The third kappa shape index (κ3) is 3.51. The summed E-state index contributed by atoms with van der Waals surface area (Å²) in [6.45, 7) is 0. The summed E-state index contributed by atoms with van der Waals surface area (Å²) in [5, 5.41) is 0. The van der Waals surface area contributed by atoms with Crippen molar-refractivity contribution in [2.75, 3.05) is 14.2 Å². The van der Waals surface area contributed by atoms with E-state index < -0.39 is 0 Å². The number of methoxy groups -OCH3 is 2. The fourth-order valence-corrected chi connectivity index (χ4v) is 30.3. The van der Waals surface area contributed by atoms with Gasteiger partial charge in [0.25, 0.3) is 0 Å². The first kappa shape index (κ1) is 37.6. The van der Waals surface area contributed by atoms with E-state index in [1.54, 1.807) is 51.0 Å². The molecule has 0 spiro atoms. The molecule has 15 saturated carbocycles. The molecule has 68 heavy (non-hydrogen) atoms. The van der Waals surface area contributed by atoms with Crippen molar-refractivity contribution < 1.29 is 19.1 Å². The fraction of sp³-hybridized carbons (Fsp3) is 0.719. The number of ether oxygens (including phenoxy) is 2. The molecule has 34 unspecified atom stereocenters. The second kappa shape index (κ2) is 11.7. The normalized spacial score (nSPS) is 63.1. The van der Waals surface area contributed by atoms with Crippen LogP contribution in [0.4, 0.5) is 0 Å². The molecule has 0 bridgehead atoms. The van der Waals surface area contributed by atoms with E-state index in [-0.39, 0.29) is 22.8 Å². The molecule has 0 heterocycles. The number of allylic oxidation sites excluding steroid dienone is 4. The van der Waals surface area contributed by atoms with Gasteiger partial charge in [0.2, 0.25) is 0 Å². The van der Waals surface area contributed by atoms with Gasteiger partial charge < -0.3 is 9.47 Å². The van der Waals surface area contributed by atoms with Gasteiger partial charge in [-0.3, -0.25) is 9.59 Å². The van der Waals surface area contributed by atoms with Gasteiger partial charge in [-0.1, -0.05) is 84.0 Å². The van der Waals surface area contributed by atoms with Gasteiger partial charge in [-0.2, -0.15) is 0 Å². The Balaban J connectivity index is 0.841. The summed E-state index contributed by atoms with van der Waals surface area (Å²) >= 11 is 0. The molecule has 20 rings (SSSR count). The van der Waals surface area contributed by atoms with Crippen LogP contribution in [0, 0.1) is 189 Å². The molecule has 0 radical (unpaired) electrons. The SMILES string of the molecule is COC(=O)CCCC1(c2ccccc2)C2C3=C4C5C6C3C=CC3C6C6C7C5C5C8C4C(C4CCC9C%10CCC%11C%12C%10C(C9C48)C5C7C%12C4C6C3C3C(C%114)C3(CCCC(=O)OC)c3ccccc3)C21. The zero-order chi connectivity index (χ0) is 43.9. The molecule has 0 aliphatic heterocycles. The quantitative estimate of drug-likeness (QED) is 0.176. The largest absolute Gasteiger partial charge is 0.469 e. The molecule has 0 aromatic heterocycles. The maximum absolute atomic E-state index is 13.0. The Morgan fingerprint density at radius 2 is 0.926 bits per heavy atom. The zero-order valence-electron chi connectivity index (χ0n) is 40.1. The van der Waals surface area contributed by atoms with Crippen molar-refractivity contribution in [2.24, 2.45) is 189 Å². The predicted octanol–water partition coefficient (Wildman–Crippen LogP) is 10.9. The summed E-state index contributed by atoms with van der Waals surface area (Å²) in [4.78, 5) is 25.9. The van der Waals surface area contributed by atoms with Crippen LogP contribution in [-0.4, -0.2) is 26.2 Å². The van der Waals surface area contributed by atoms with Crippen LogP contribution in [0.1, 0.15) is 75.3 Å². The van der Waals surface area contributed by atoms with Gasteiger partial charge in [-0.15, -0.1) is 0 Å². The van der Waals surface area contributed by atoms with Crippen molar-refractivity contribution in [1.82, 2.24) is 0 Å². The Bertz CT molecular complexity index is 2740. The summed E-state index contributed by atoms with van der Waals surface area (Å²) in [6.07, 6.45) is 17.6. The zero-order valence-corrected chi connectivity index (χ0v) is 40.1. The van der Waals surface area contributed by atoms with Crippen LogP contribution in [-0.2, 0) is 29.9 Å². The molecule has 4 heteroatoms.